The summed E-state index contributed by atoms with van der Waals surface area (Å²) < 4.78 is 0. The second-order valence-electron chi connectivity index (χ2n) is 6.32. The molecule has 0 bridgehead atoms. The number of amides is 2. The predicted octanol–water partition coefficient (Wildman–Crippen LogP) is 3.74. The number of carbonyl (C=O) groups excluding carboxylic acids is 2. The number of aryl methyl sites for hydroxylation is 1. The molecule has 0 radical (unpaired) electrons. The fraction of sp³-hybridized carbons (Fsp3) is 0.300. The number of hydrogen-bond acceptors (Lipinski definition) is 2. The number of halogens is 1. The molecule has 0 aliphatic carbocycles. The minimum atomic E-state index is -0.329. The van der Waals surface area contributed by atoms with Gasteiger partial charge in [0.2, 0.25) is 5.91 Å². The zero-order valence-electron chi connectivity index (χ0n) is 14.2. The molecule has 0 spiro atoms. The van der Waals surface area contributed by atoms with Crippen molar-refractivity contribution in [2.24, 2.45) is 0 Å². The average molecular weight is 357 g/mol. The Morgan fingerprint density at radius 2 is 1.88 bits per heavy atom. The van der Waals surface area contributed by atoms with E-state index in [4.69, 9.17) is 11.6 Å². The Morgan fingerprint density at radius 1 is 1.16 bits per heavy atom. The summed E-state index contributed by atoms with van der Waals surface area (Å²) in [5.74, 6) is -0.395. The maximum atomic E-state index is 12.6. The summed E-state index contributed by atoms with van der Waals surface area (Å²) in [6.45, 7) is 2.75. The number of carbonyl (C=O) groups is 2. The lowest BCUT2D eigenvalue weighted by molar-refractivity contribution is -0.131. The highest BCUT2D eigenvalue weighted by atomic mass is 35.5. The molecule has 1 saturated heterocycles. The van der Waals surface area contributed by atoms with Crippen molar-refractivity contribution in [3.05, 3.63) is 70.2 Å². The van der Waals surface area contributed by atoms with E-state index in [1.54, 1.807) is 24.3 Å². The quantitative estimate of drug-likeness (QED) is 0.907. The Hall–Kier alpha value is -2.33. The largest absolute Gasteiger partial charge is 0.343 e. The third kappa shape index (κ3) is 4.02. The van der Waals surface area contributed by atoms with E-state index in [9.17, 15) is 9.59 Å². The molecule has 1 fully saturated rings. The summed E-state index contributed by atoms with van der Waals surface area (Å²) in [6, 6.07) is 15.2. The molecule has 1 aliphatic heterocycles. The van der Waals surface area contributed by atoms with Crippen LogP contribution in [0.3, 0.4) is 0 Å². The number of hydrogen-bond donors (Lipinski definition) is 1. The highest BCUT2D eigenvalue weighted by Gasteiger charge is 2.29. The van der Waals surface area contributed by atoms with Gasteiger partial charge in [0.1, 0.15) is 0 Å². The van der Waals surface area contributed by atoms with Gasteiger partial charge in [0.15, 0.2) is 0 Å². The van der Waals surface area contributed by atoms with Gasteiger partial charge in [-0.3, -0.25) is 9.59 Å². The standard InChI is InChI=1S/C20H21ClN2O2/c1-14-8-10-15(11-9-14)18-7-4-12-23(18)19(24)13-22-20(25)16-5-2-3-6-17(16)21/h2-3,5-6,8-11,18H,4,7,12-13H2,1H3,(H,22,25). The van der Waals surface area contributed by atoms with E-state index in [1.165, 1.54) is 5.56 Å². The molecule has 130 valence electrons. The first kappa shape index (κ1) is 17.5. The lowest BCUT2D eigenvalue weighted by atomic mass is 10.0. The Kier molecular flexibility index (Phi) is 5.39. The van der Waals surface area contributed by atoms with E-state index >= 15 is 0 Å². The van der Waals surface area contributed by atoms with Crippen molar-refractivity contribution >= 4 is 23.4 Å². The molecule has 1 heterocycles. The van der Waals surface area contributed by atoms with Crippen molar-refractivity contribution in [3.63, 3.8) is 0 Å². The minimum absolute atomic E-state index is 0.0214. The van der Waals surface area contributed by atoms with E-state index in [0.29, 0.717) is 10.6 Å². The van der Waals surface area contributed by atoms with E-state index in [-0.39, 0.29) is 24.4 Å². The van der Waals surface area contributed by atoms with Crippen LogP contribution in [0.2, 0.25) is 5.02 Å². The summed E-state index contributed by atoms with van der Waals surface area (Å²) in [5, 5.41) is 3.06. The molecular weight excluding hydrogens is 336 g/mol. The number of nitrogens with one attached hydrogen (secondary N) is 1. The van der Waals surface area contributed by atoms with Gasteiger partial charge in [-0.25, -0.2) is 0 Å². The monoisotopic (exact) mass is 356 g/mol. The van der Waals surface area contributed by atoms with Crippen molar-refractivity contribution in [1.29, 1.82) is 0 Å². The molecule has 5 heteroatoms. The van der Waals surface area contributed by atoms with Crippen molar-refractivity contribution < 1.29 is 9.59 Å². The maximum Gasteiger partial charge on any atom is 0.253 e. The summed E-state index contributed by atoms with van der Waals surface area (Å²) in [4.78, 5) is 26.7. The average Bonchev–Trinajstić information content (AvgIpc) is 3.10. The number of rotatable bonds is 4. The lowest BCUT2D eigenvalue weighted by Gasteiger charge is -2.25. The summed E-state index contributed by atoms with van der Waals surface area (Å²) in [7, 11) is 0. The fourth-order valence-electron chi connectivity index (χ4n) is 3.20. The topological polar surface area (TPSA) is 49.4 Å². The number of benzene rings is 2. The second-order valence-corrected chi connectivity index (χ2v) is 6.73. The first-order valence-corrected chi connectivity index (χ1v) is 8.83. The molecule has 3 rings (SSSR count). The van der Waals surface area contributed by atoms with Gasteiger partial charge in [-0.2, -0.15) is 0 Å². The molecular formula is C20H21ClN2O2. The third-order valence-corrected chi connectivity index (χ3v) is 4.88. The van der Waals surface area contributed by atoms with Crippen LogP contribution in [0.1, 0.15) is 40.4 Å². The zero-order valence-corrected chi connectivity index (χ0v) is 14.9. The molecule has 1 aliphatic rings. The van der Waals surface area contributed by atoms with Crippen LogP contribution in [0, 0.1) is 6.92 Å². The molecule has 0 aromatic heterocycles. The summed E-state index contributed by atoms with van der Waals surface area (Å²) in [6.07, 6.45) is 1.93. The zero-order chi connectivity index (χ0) is 17.8. The van der Waals surface area contributed by atoms with Gasteiger partial charge in [0, 0.05) is 6.54 Å². The van der Waals surface area contributed by atoms with Crippen molar-refractivity contribution in [1.82, 2.24) is 10.2 Å². The van der Waals surface area contributed by atoms with Crippen molar-refractivity contribution in [2.45, 2.75) is 25.8 Å². The van der Waals surface area contributed by atoms with Gasteiger partial charge < -0.3 is 10.2 Å². The minimum Gasteiger partial charge on any atom is -0.343 e. The van der Waals surface area contributed by atoms with Gasteiger partial charge in [-0.15, -0.1) is 0 Å². The van der Waals surface area contributed by atoms with E-state index in [2.05, 4.69) is 29.6 Å². The van der Waals surface area contributed by atoms with Crippen LogP contribution in [-0.2, 0) is 4.79 Å². The highest BCUT2D eigenvalue weighted by molar-refractivity contribution is 6.33. The number of likely N-dealkylation sites (tertiary alicyclic amines) is 1. The molecule has 1 atom stereocenters. The fourth-order valence-corrected chi connectivity index (χ4v) is 3.42. The Morgan fingerprint density at radius 3 is 2.60 bits per heavy atom. The van der Waals surface area contributed by atoms with Crippen LogP contribution >= 0.6 is 11.6 Å². The Labute approximate surface area is 152 Å². The van der Waals surface area contributed by atoms with Gasteiger partial charge in [0.05, 0.1) is 23.2 Å². The van der Waals surface area contributed by atoms with Gasteiger partial charge in [0.25, 0.3) is 5.91 Å². The summed E-state index contributed by atoms with van der Waals surface area (Å²) >= 11 is 6.02. The summed E-state index contributed by atoms with van der Waals surface area (Å²) in [5.41, 5.74) is 2.73. The predicted molar refractivity (Wildman–Crippen MR) is 98.7 cm³/mol. The molecule has 1 N–H and O–H groups in total. The molecule has 0 saturated carbocycles. The van der Waals surface area contributed by atoms with Gasteiger partial charge in [-0.05, 0) is 37.5 Å². The molecule has 25 heavy (non-hydrogen) atoms. The molecule has 2 amide bonds. The SMILES string of the molecule is Cc1ccc(C2CCCN2C(=O)CNC(=O)c2ccccc2Cl)cc1. The molecule has 4 nitrogen and oxygen atoms in total. The van der Waals surface area contributed by atoms with E-state index in [0.717, 1.165) is 24.9 Å². The first-order chi connectivity index (χ1) is 12.1. The third-order valence-electron chi connectivity index (χ3n) is 4.55. The van der Waals surface area contributed by atoms with Crippen LogP contribution in [-0.4, -0.2) is 29.8 Å². The van der Waals surface area contributed by atoms with Crippen LogP contribution in [0.25, 0.3) is 0 Å². The van der Waals surface area contributed by atoms with Crippen LogP contribution in [0.5, 0.6) is 0 Å². The smallest absolute Gasteiger partial charge is 0.253 e. The van der Waals surface area contributed by atoms with Crippen LogP contribution in [0.15, 0.2) is 48.5 Å². The lowest BCUT2D eigenvalue weighted by Crippen LogP contribution is -2.39. The Balaban J connectivity index is 1.63. The second kappa shape index (κ2) is 7.70. The molecule has 2 aromatic carbocycles. The first-order valence-electron chi connectivity index (χ1n) is 8.45. The van der Waals surface area contributed by atoms with Gasteiger partial charge >= 0.3 is 0 Å². The van der Waals surface area contributed by atoms with Crippen molar-refractivity contribution in [3.8, 4) is 0 Å². The molecule has 1 unspecified atom stereocenters. The van der Waals surface area contributed by atoms with E-state index in [1.807, 2.05) is 11.8 Å². The normalized spacial score (nSPS) is 16.7. The Bertz CT molecular complexity index is 774. The van der Waals surface area contributed by atoms with E-state index < -0.39 is 0 Å². The maximum absolute atomic E-state index is 12.6. The van der Waals surface area contributed by atoms with Crippen LogP contribution < -0.4 is 5.32 Å². The van der Waals surface area contributed by atoms with Crippen molar-refractivity contribution in [2.75, 3.05) is 13.1 Å². The van der Waals surface area contributed by atoms with Gasteiger partial charge in [-0.1, -0.05) is 53.6 Å². The number of nitrogens with zero attached hydrogens (tertiary/aromatic N) is 1. The molecule has 2 aromatic rings. The van der Waals surface area contributed by atoms with Crippen LogP contribution in [0.4, 0.5) is 0 Å². The highest BCUT2D eigenvalue weighted by Crippen LogP contribution is 2.31.